The van der Waals surface area contributed by atoms with Crippen LogP contribution < -0.4 is 15.0 Å². The number of rotatable bonds is 9. The SMILES string of the molecule is CN(C(=O)OCc1ccc(NC([O])=O)cc1Cc1ccccc1)c1ccc(OCc2ccccc2)cc1. The van der Waals surface area contributed by atoms with Crippen LogP contribution >= 0.6 is 0 Å². The largest absolute Gasteiger partial charge is 0.489 e. The van der Waals surface area contributed by atoms with Gasteiger partial charge in [-0.2, -0.15) is 0 Å². The van der Waals surface area contributed by atoms with Crippen LogP contribution in [0, 0.1) is 0 Å². The van der Waals surface area contributed by atoms with Crippen LogP contribution in [0.3, 0.4) is 0 Å². The predicted molar refractivity (Wildman–Crippen MR) is 141 cm³/mol. The molecule has 0 saturated carbocycles. The number of hydrogen-bond donors (Lipinski definition) is 1. The lowest BCUT2D eigenvalue weighted by molar-refractivity contribution is 0.148. The van der Waals surface area contributed by atoms with Crippen LogP contribution in [0.5, 0.6) is 5.75 Å². The molecular weight excluding hydrogens is 468 g/mol. The summed E-state index contributed by atoms with van der Waals surface area (Å²) in [7, 11) is 1.64. The average molecular weight is 496 g/mol. The van der Waals surface area contributed by atoms with Crippen LogP contribution in [0.2, 0.25) is 0 Å². The monoisotopic (exact) mass is 495 g/mol. The maximum absolute atomic E-state index is 12.8. The standard InChI is InChI=1S/C30H27N2O5/c1-32(27-14-16-28(17-15-27)36-20-23-10-6-3-7-11-23)30(35)37-21-24-12-13-26(31-29(33)34)19-25(24)18-22-8-4-2-5-9-22/h2-17,19,31H,18,20-21H2,1H3. The van der Waals surface area contributed by atoms with Gasteiger partial charge in [0.2, 0.25) is 0 Å². The normalized spacial score (nSPS) is 10.4. The Morgan fingerprint density at radius 1 is 0.757 bits per heavy atom. The van der Waals surface area contributed by atoms with Gasteiger partial charge in [-0.1, -0.05) is 66.7 Å². The summed E-state index contributed by atoms with van der Waals surface area (Å²) in [5, 5.41) is 13.2. The Bertz CT molecular complexity index is 1330. The van der Waals surface area contributed by atoms with Crippen LogP contribution in [0.15, 0.2) is 103 Å². The van der Waals surface area contributed by atoms with Crippen molar-refractivity contribution >= 4 is 23.6 Å². The number of amides is 2. The van der Waals surface area contributed by atoms with Gasteiger partial charge in [-0.25, -0.2) is 14.7 Å². The summed E-state index contributed by atoms with van der Waals surface area (Å²) < 4.78 is 11.4. The minimum Gasteiger partial charge on any atom is -0.489 e. The van der Waals surface area contributed by atoms with Crippen molar-refractivity contribution in [2.45, 2.75) is 19.6 Å². The van der Waals surface area contributed by atoms with Gasteiger partial charge < -0.3 is 9.47 Å². The van der Waals surface area contributed by atoms with E-state index in [2.05, 4.69) is 5.32 Å². The molecule has 1 N–H and O–H groups in total. The molecule has 4 aromatic rings. The van der Waals surface area contributed by atoms with Gasteiger partial charge in [0.1, 0.15) is 19.0 Å². The second kappa shape index (κ2) is 12.3. The fourth-order valence-electron chi connectivity index (χ4n) is 3.79. The van der Waals surface area contributed by atoms with Gasteiger partial charge in [-0.05, 0) is 65.1 Å². The van der Waals surface area contributed by atoms with Gasteiger partial charge in [0.15, 0.2) is 0 Å². The molecule has 2 amide bonds. The molecule has 0 bridgehead atoms. The maximum Gasteiger partial charge on any atom is 0.454 e. The molecule has 0 fully saturated rings. The molecule has 0 aromatic heterocycles. The molecule has 1 radical (unpaired) electrons. The zero-order chi connectivity index (χ0) is 26.0. The van der Waals surface area contributed by atoms with Crippen molar-refractivity contribution < 1.29 is 24.2 Å². The number of nitrogens with zero attached hydrogens (tertiary/aromatic N) is 1. The Labute approximate surface area is 215 Å². The average Bonchev–Trinajstić information content (AvgIpc) is 2.92. The molecule has 7 heteroatoms. The Kier molecular flexibility index (Phi) is 8.39. The fraction of sp³-hybridized carbons (Fsp3) is 0.133. The van der Waals surface area contributed by atoms with Crippen molar-refractivity contribution in [3.8, 4) is 5.75 Å². The molecule has 0 aliphatic carbocycles. The first-order valence-electron chi connectivity index (χ1n) is 11.8. The second-order valence-corrected chi connectivity index (χ2v) is 8.44. The van der Waals surface area contributed by atoms with Crippen molar-refractivity contribution in [3.63, 3.8) is 0 Å². The summed E-state index contributed by atoms with van der Waals surface area (Å²) in [5.74, 6) is 0.699. The minimum absolute atomic E-state index is 0.0369. The number of carbonyl (C=O) groups is 2. The van der Waals surface area contributed by atoms with Gasteiger partial charge in [-0.15, -0.1) is 0 Å². The number of nitrogens with one attached hydrogen (secondary N) is 1. The van der Waals surface area contributed by atoms with E-state index in [1.54, 1.807) is 37.4 Å². The van der Waals surface area contributed by atoms with E-state index in [0.717, 1.165) is 22.3 Å². The van der Waals surface area contributed by atoms with Crippen LogP contribution in [0.25, 0.3) is 0 Å². The third-order valence-electron chi connectivity index (χ3n) is 5.79. The molecule has 4 rings (SSSR count). The molecule has 7 nitrogen and oxygen atoms in total. The van der Waals surface area contributed by atoms with E-state index in [9.17, 15) is 14.7 Å². The summed E-state index contributed by atoms with van der Waals surface area (Å²) in [6.45, 7) is 0.496. The predicted octanol–water partition coefficient (Wildman–Crippen LogP) is 6.59. The maximum atomic E-state index is 12.8. The molecule has 0 heterocycles. The van der Waals surface area contributed by atoms with Gasteiger partial charge in [-0.3, -0.25) is 10.2 Å². The highest BCUT2D eigenvalue weighted by Crippen LogP contribution is 2.23. The van der Waals surface area contributed by atoms with Crippen molar-refractivity contribution in [1.29, 1.82) is 0 Å². The van der Waals surface area contributed by atoms with Gasteiger partial charge in [0.25, 0.3) is 0 Å². The molecule has 0 aliphatic rings. The van der Waals surface area contributed by atoms with Gasteiger partial charge in [0, 0.05) is 18.4 Å². The molecule has 4 aromatic carbocycles. The van der Waals surface area contributed by atoms with Gasteiger partial charge >= 0.3 is 12.2 Å². The fourth-order valence-corrected chi connectivity index (χ4v) is 3.79. The lowest BCUT2D eigenvalue weighted by Crippen LogP contribution is -2.27. The first-order valence-corrected chi connectivity index (χ1v) is 11.8. The number of hydrogen-bond acceptors (Lipinski definition) is 4. The lowest BCUT2D eigenvalue weighted by Gasteiger charge is -2.19. The quantitative estimate of drug-likeness (QED) is 0.284. The summed E-state index contributed by atoms with van der Waals surface area (Å²) in [6, 6.07) is 31.9. The Hall–Kier alpha value is -4.78. The lowest BCUT2D eigenvalue weighted by atomic mass is 9.99. The molecule has 0 saturated heterocycles. The van der Waals surface area contributed by atoms with E-state index in [1.165, 1.54) is 4.90 Å². The van der Waals surface area contributed by atoms with Crippen molar-refractivity contribution in [2.75, 3.05) is 17.3 Å². The Balaban J connectivity index is 1.38. The number of carbonyl (C=O) groups excluding carboxylic acids is 2. The van der Waals surface area contributed by atoms with Crippen molar-refractivity contribution in [1.82, 2.24) is 0 Å². The smallest absolute Gasteiger partial charge is 0.454 e. The summed E-state index contributed by atoms with van der Waals surface area (Å²) in [4.78, 5) is 25.2. The summed E-state index contributed by atoms with van der Waals surface area (Å²) in [6.07, 6.45) is -1.35. The Morgan fingerprint density at radius 3 is 2.05 bits per heavy atom. The van der Waals surface area contributed by atoms with E-state index >= 15 is 0 Å². The highest BCUT2D eigenvalue weighted by atomic mass is 16.6. The van der Waals surface area contributed by atoms with E-state index in [4.69, 9.17) is 9.47 Å². The molecule has 37 heavy (non-hydrogen) atoms. The van der Waals surface area contributed by atoms with Crippen LogP contribution in [0.4, 0.5) is 21.0 Å². The molecule has 0 spiro atoms. The van der Waals surface area contributed by atoms with Crippen molar-refractivity contribution in [2.24, 2.45) is 0 Å². The first kappa shape index (κ1) is 25.3. The number of ether oxygens (including phenoxy) is 2. The van der Waals surface area contributed by atoms with Gasteiger partial charge in [0.05, 0.1) is 0 Å². The van der Waals surface area contributed by atoms with Crippen molar-refractivity contribution in [3.05, 3.63) is 125 Å². The number of benzene rings is 4. The third-order valence-corrected chi connectivity index (χ3v) is 5.79. The molecule has 0 aliphatic heterocycles. The second-order valence-electron chi connectivity index (χ2n) is 8.44. The van der Waals surface area contributed by atoms with Crippen LogP contribution in [0.1, 0.15) is 22.3 Å². The molecular formula is C30H27N2O5. The molecule has 0 unspecified atom stereocenters. The van der Waals surface area contributed by atoms with E-state index < -0.39 is 12.2 Å². The van der Waals surface area contributed by atoms with E-state index in [1.807, 2.05) is 72.8 Å². The van der Waals surface area contributed by atoms with Crippen LogP contribution in [-0.4, -0.2) is 19.2 Å². The molecule has 187 valence electrons. The topological polar surface area (TPSA) is 87.8 Å². The molecule has 0 atom stereocenters. The Morgan fingerprint density at radius 2 is 1.41 bits per heavy atom. The van der Waals surface area contributed by atoms with E-state index in [0.29, 0.717) is 30.2 Å². The first-order chi connectivity index (χ1) is 18.0. The number of anilines is 2. The van der Waals surface area contributed by atoms with E-state index in [-0.39, 0.29) is 6.61 Å². The summed E-state index contributed by atoms with van der Waals surface area (Å²) >= 11 is 0. The van der Waals surface area contributed by atoms with Crippen LogP contribution in [-0.2, 0) is 29.5 Å². The zero-order valence-corrected chi connectivity index (χ0v) is 20.4. The third kappa shape index (κ3) is 7.35. The highest BCUT2D eigenvalue weighted by molar-refractivity contribution is 5.87. The highest BCUT2D eigenvalue weighted by Gasteiger charge is 2.15. The minimum atomic E-state index is -1.39. The zero-order valence-electron chi connectivity index (χ0n) is 20.4. The summed E-state index contributed by atoms with van der Waals surface area (Å²) in [5.41, 5.74) is 4.80.